The van der Waals surface area contributed by atoms with Crippen LogP contribution < -0.4 is 5.32 Å². The number of nitrogens with zero attached hydrogens (tertiary/aromatic N) is 2. The number of hydrogen-bond donors (Lipinski definition) is 2. The number of likely N-dealkylation sites (N-methyl/N-ethyl adjacent to an activating group) is 1. The van der Waals surface area contributed by atoms with Crippen LogP contribution in [0, 0.1) is 0 Å². The lowest BCUT2D eigenvalue weighted by Crippen LogP contribution is -2.62. The average Bonchev–Trinajstić information content (AvgIpc) is 3.32. The minimum absolute atomic E-state index is 0.0195. The molecule has 1 aliphatic rings. The van der Waals surface area contributed by atoms with E-state index < -0.39 is 6.04 Å². The summed E-state index contributed by atoms with van der Waals surface area (Å²) < 4.78 is 0. The lowest BCUT2D eigenvalue weighted by molar-refractivity contribution is -0.148. The fraction of sp³-hybridized carbons (Fsp3) is 0.267. The molecule has 0 saturated carbocycles. The van der Waals surface area contributed by atoms with Gasteiger partial charge in [0.2, 0.25) is 11.8 Å². The first-order valence-corrected chi connectivity index (χ1v) is 12.5. The highest BCUT2D eigenvalue weighted by Gasteiger charge is 2.37. The molecule has 0 aliphatic carbocycles. The molecule has 3 aromatic carbocycles. The van der Waals surface area contributed by atoms with Gasteiger partial charge in [-0.15, -0.1) is 0 Å². The van der Waals surface area contributed by atoms with Gasteiger partial charge in [0.15, 0.2) is 0 Å². The van der Waals surface area contributed by atoms with Crippen LogP contribution in [0.25, 0.3) is 10.9 Å². The highest BCUT2D eigenvalue weighted by atomic mass is 16.2. The molecule has 184 valence electrons. The first kappa shape index (κ1) is 23.8. The van der Waals surface area contributed by atoms with Crippen molar-refractivity contribution in [1.29, 1.82) is 0 Å². The summed E-state index contributed by atoms with van der Waals surface area (Å²) in [5, 5.41) is 4.53. The van der Waals surface area contributed by atoms with Crippen molar-refractivity contribution < 1.29 is 9.59 Å². The zero-order valence-corrected chi connectivity index (χ0v) is 20.6. The van der Waals surface area contributed by atoms with Gasteiger partial charge in [-0.05, 0) is 29.2 Å². The summed E-state index contributed by atoms with van der Waals surface area (Å²) in [7, 11) is 1.82. The second-order valence-electron chi connectivity index (χ2n) is 9.49. The largest absolute Gasteiger partial charge is 0.361 e. The average molecular weight is 481 g/mol. The van der Waals surface area contributed by atoms with Crippen LogP contribution in [0.5, 0.6) is 0 Å². The number of carbonyl (C=O) groups excluding carboxylic acids is 2. The quantitative estimate of drug-likeness (QED) is 0.403. The van der Waals surface area contributed by atoms with Gasteiger partial charge in [-0.25, -0.2) is 0 Å². The molecule has 2 atom stereocenters. The molecule has 0 radical (unpaired) electrons. The number of carbonyl (C=O) groups is 2. The van der Waals surface area contributed by atoms with E-state index in [0.29, 0.717) is 32.5 Å². The fourth-order valence-electron chi connectivity index (χ4n) is 5.10. The Labute approximate surface area is 211 Å². The van der Waals surface area contributed by atoms with Crippen molar-refractivity contribution in [2.75, 3.05) is 20.1 Å². The van der Waals surface area contributed by atoms with Crippen molar-refractivity contribution in [2.24, 2.45) is 0 Å². The van der Waals surface area contributed by atoms with Gasteiger partial charge in [-0.1, -0.05) is 78.9 Å². The SMILES string of the molecule is CN(Cc1ccccc1)C(=O)[C@H](Cc1ccccc1)N1CCN[C@H](Cc2c[nH]c3ccccc23)C1=O. The number of aromatic nitrogens is 1. The second-order valence-corrected chi connectivity index (χ2v) is 9.49. The number of amides is 2. The van der Waals surface area contributed by atoms with E-state index in [0.717, 1.165) is 27.6 Å². The number of para-hydroxylation sites is 1. The van der Waals surface area contributed by atoms with Gasteiger partial charge in [-0.2, -0.15) is 0 Å². The highest BCUT2D eigenvalue weighted by Crippen LogP contribution is 2.22. The molecular formula is C30H32N4O2. The van der Waals surface area contributed by atoms with E-state index in [1.165, 1.54) is 0 Å². The third-order valence-corrected chi connectivity index (χ3v) is 7.00. The van der Waals surface area contributed by atoms with Crippen molar-refractivity contribution in [3.05, 3.63) is 108 Å². The summed E-state index contributed by atoms with van der Waals surface area (Å²) in [5.41, 5.74) is 4.27. The number of aromatic amines is 1. The van der Waals surface area contributed by atoms with Crippen LogP contribution in [0.4, 0.5) is 0 Å². The van der Waals surface area contributed by atoms with E-state index in [4.69, 9.17) is 0 Å². The van der Waals surface area contributed by atoms with Gasteiger partial charge in [0, 0.05) is 50.2 Å². The summed E-state index contributed by atoms with van der Waals surface area (Å²) in [6.07, 6.45) is 3.05. The van der Waals surface area contributed by atoms with Gasteiger partial charge in [0.1, 0.15) is 6.04 Å². The Morgan fingerprint density at radius 3 is 2.39 bits per heavy atom. The smallest absolute Gasteiger partial charge is 0.245 e. The number of piperazine rings is 1. The number of hydrogen-bond acceptors (Lipinski definition) is 3. The van der Waals surface area contributed by atoms with Crippen LogP contribution in [0.3, 0.4) is 0 Å². The van der Waals surface area contributed by atoms with Crippen molar-refractivity contribution >= 4 is 22.7 Å². The molecule has 1 aromatic heterocycles. The predicted molar refractivity (Wildman–Crippen MR) is 142 cm³/mol. The molecule has 0 bridgehead atoms. The second kappa shape index (κ2) is 10.8. The standard InChI is InChI=1S/C30H32N4O2/c1-33(21-23-12-6-3-7-13-23)30(36)28(18-22-10-4-2-5-11-22)34-17-16-31-27(29(34)35)19-24-20-32-26-15-9-8-14-25(24)26/h2-15,20,27-28,31-32H,16-19,21H2,1H3/t27-,28+/m1/s1. The number of fused-ring (bicyclic) bond motifs is 1. The molecule has 0 spiro atoms. The summed E-state index contributed by atoms with van der Waals surface area (Å²) in [4.78, 5) is 34.4. The molecule has 2 N–H and O–H groups in total. The van der Waals surface area contributed by atoms with Gasteiger partial charge in [-0.3, -0.25) is 9.59 Å². The minimum atomic E-state index is -0.554. The summed E-state index contributed by atoms with van der Waals surface area (Å²) in [6, 6.07) is 27.1. The van der Waals surface area contributed by atoms with Gasteiger partial charge >= 0.3 is 0 Å². The van der Waals surface area contributed by atoms with E-state index in [1.807, 2.05) is 92.1 Å². The van der Waals surface area contributed by atoms with E-state index in [9.17, 15) is 9.59 Å². The van der Waals surface area contributed by atoms with E-state index in [-0.39, 0.29) is 17.9 Å². The predicted octanol–water partition coefficient (Wildman–Crippen LogP) is 3.78. The maximum atomic E-state index is 13.8. The number of benzene rings is 3. The monoisotopic (exact) mass is 480 g/mol. The number of H-pyrrole nitrogens is 1. The van der Waals surface area contributed by atoms with Gasteiger partial charge < -0.3 is 20.1 Å². The Bertz CT molecular complexity index is 1320. The van der Waals surface area contributed by atoms with Crippen LogP contribution in [0.2, 0.25) is 0 Å². The molecule has 2 amide bonds. The third-order valence-electron chi connectivity index (χ3n) is 7.00. The molecule has 6 nitrogen and oxygen atoms in total. The molecule has 6 heteroatoms. The lowest BCUT2D eigenvalue weighted by Gasteiger charge is -2.39. The van der Waals surface area contributed by atoms with Crippen LogP contribution in [0.1, 0.15) is 16.7 Å². The van der Waals surface area contributed by atoms with Gasteiger partial charge in [0.05, 0.1) is 6.04 Å². The van der Waals surface area contributed by atoms with E-state index in [2.05, 4.69) is 16.4 Å². The first-order chi connectivity index (χ1) is 17.6. The maximum absolute atomic E-state index is 13.8. The Balaban J connectivity index is 1.38. The fourth-order valence-corrected chi connectivity index (χ4v) is 5.10. The molecule has 5 rings (SSSR count). The molecule has 36 heavy (non-hydrogen) atoms. The van der Waals surface area contributed by atoms with Crippen LogP contribution in [-0.4, -0.2) is 58.8 Å². The summed E-state index contributed by atoms with van der Waals surface area (Å²) in [6.45, 7) is 1.66. The van der Waals surface area contributed by atoms with Crippen LogP contribution in [0.15, 0.2) is 91.1 Å². The highest BCUT2D eigenvalue weighted by molar-refractivity contribution is 5.91. The number of nitrogens with one attached hydrogen (secondary N) is 2. The third kappa shape index (κ3) is 5.19. The van der Waals surface area contributed by atoms with E-state index in [1.54, 1.807) is 9.80 Å². The van der Waals surface area contributed by atoms with Crippen molar-refractivity contribution in [3.8, 4) is 0 Å². The zero-order chi connectivity index (χ0) is 24.9. The van der Waals surface area contributed by atoms with Gasteiger partial charge in [0.25, 0.3) is 0 Å². The summed E-state index contributed by atoms with van der Waals surface area (Å²) >= 11 is 0. The minimum Gasteiger partial charge on any atom is -0.361 e. The molecule has 0 unspecified atom stereocenters. The van der Waals surface area contributed by atoms with E-state index >= 15 is 0 Å². The Morgan fingerprint density at radius 2 is 1.64 bits per heavy atom. The Kier molecular flexibility index (Phi) is 7.14. The first-order valence-electron chi connectivity index (χ1n) is 12.5. The molecular weight excluding hydrogens is 448 g/mol. The molecule has 1 aliphatic heterocycles. The Hall–Kier alpha value is -3.90. The topological polar surface area (TPSA) is 68.4 Å². The lowest BCUT2D eigenvalue weighted by atomic mass is 9.98. The normalized spacial score (nSPS) is 16.8. The zero-order valence-electron chi connectivity index (χ0n) is 20.6. The molecule has 2 heterocycles. The molecule has 1 fully saturated rings. The Morgan fingerprint density at radius 1 is 0.972 bits per heavy atom. The number of rotatable bonds is 8. The molecule has 4 aromatic rings. The van der Waals surface area contributed by atoms with Crippen molar-refractivity contribution in [1.82, 2.24) is 20.1 Å². The molecule has 1 saturated heterocycles. The van der Waals surface area contributed by atoms with Crippen LogP contribution >= 0.6 is 0 Å². The maximum Gasteiger partial charge on any atom is 0.245 e. The van der Waals surface area contributed by atoms with Crippen molar-refractivity contribution in [3.63, 3.8) is 0 Å². The van der Waals surface area contributed by atoms with Crippen LogP contribution in [-0.2, 0) is 29.0 Å². The summed E-state index contributed by atoms with van der Waals surface area (Å²) in [5.74, 6) is -0.0577. The van der Waals surface area contributed by atoms with Crippen molar-refractivity contribution in [2.45, 2.75) is 31.5 Å².